The summed E-state index contributed by atoms with van der Waals surface area (Å²) in [7, 11) is 0. The molecule has 2 aromatic rings. The topological polar surface area (TPSA) is 19.4 Å². The molecule has 0 amide bonds. The van der Waals surface area contributed by atoms with Gasteiger partial charge in [-0.2, -0.15) is 0 Å². The fourth-order valence-corrected chi connectivity index (χ4v) is 3.89. The van der Waals surface area contributed by atoms with Crippen molar-refractivity contribution in [3.05, 3.63) is 41.0 Å². The Morgan fingerprint density at radius 3 is 3.05 bits per heavy atom. The fraction of sp³-hybridized carbons (Fsp3) is 0.471. The number of fused-ring (bicyclic) bond motifs is 2. The highest BCUT2D eigenvalue weighted by Gasteiger charge is 2.30. The van der Waals surface area contributed by atoms with Gasteiger partial charge < -0.3 is 0 Å². The van der Waals surface area contributed by atoms with Gasteiger partial charge in [-0.1, -0.05) is 29.8 Å². The average Bonchev–Trinajstić information content (AvgIpc) is 2.95. The van der Waals surface area contributed by atoms with Gasteiger partial charge in [0.05, 0.1) is 5.52 Å². The zero-order valence-corrected chi connectivity index (χ0v) is 12.9. The minimum Gasteiger partial charge on any atom is -0.298 e. The Bertz CT molecular complexity index is 658. The van der Waals surface area contributed by atoms with E-state index in [1.807, 2.05) is 12.1 Å². The van der Waals surface area contributed by atoms with Crippen LogP contribution in [-0.2, 0) is 6.54 Å². The van der Waals surface area contributed by atoms with Crippen molar-refractivity contribution in [1.82, 2.24) is 14.8 Å². The molecule has 0 radical (unpaired) electrons. The van der Waals surface area contributed by atoms with Gasteiger partial charge in [-0.05, 0) is 31.5 Å². The van der Waals surface area contributed by atoms with Gasteiger partial charge in [0.25, 0.3) is 0 Å². The van der Waals surface area contributed by atoms with Crippen LogP contribution in [0.15, 0.2) is 30.3 Å². The molecular formula is C17H20ClN3. The van der Waals surface area contributed by atoms with Crippen LogP contribution >= 0.6 is 11.6 Å². The standard InChI is InChI=1S/C17H20ClN3/c18-17-14(10-13-4-1-2-6-16(13)19-17)11-20-8-9-21-7-3-5-15(21)12-20/h1-2,4,6,10,15H,3,5,7-9,11-12H2. The summed E-state index contributed by atoms with van der Waals surface area (Å²) < 4.78 is 0. The van der Waals surface area contributed by atoms with E-state index in [9.17, 15) is 0 Å². The quantitative estimate of drug-likeness (QED) is 0.794. The van der Waals surface area contributed by atoms with Crippen LogP contribution in [-0.4, -0.2) is 47.0 Å². The van der Waals surface area contributed by atoms with E-state index in [1.54, 1.807) is 0 Å². The van der Waals surface area contributed by atoms with Gasteiger partial charge in [-0.15, -0.1) is 0 Å². The van der Waals surface area contributed by atoms with Crippen molar-refractivity contribution in [2.75, 3.05) is 26.2 Å². The molecule has 2 saturated heterocycles. The van der Waals surface area contributed by atoms with E-state index in [4.69, 9.17) is 11.6 Å². The number of nitrogens with zero attached hydrogens (tertiary/aromatic N) is 3. The molecule has 110 valence electrons. The van der Waals surface area contributed by atoms with Crippen LogP contribution in [0.25, 0.3) is 10.9 Å². The van der Waals surface area contributed by atoms with Gasteiger partial charge in [-0.3, -0.25) is 9.80 Å². The van der Waals surface area contributed by atoms with Crippen LogP contribution in [0.3, 0.4) is 0 Å². The molecule has 3 nitrogen and oxygen atoms in total. The molecule has 4 heteroatoms. The zero-order chi connectivity index (χ0) is 14.2. The van der Waals surface area contributed by atoms with Crippen molar-refractivity contribution in [1.29, 1.82) is 0 Å². The summed E-state index contributed by atoms with van der Waals surface area (Å²) in [4.78, 5) is 9.70. The van der Waals surface area contributed by atoms with Crippen LogP contribution < -0.4 is 0 Å². The van der Waals surface area contributed by atoms with Crippen LogP contribution in [0.2, 0.25) is 5.15 Å². The minimum atomic E-state index is 0.655. The number of rotatable bonds is 2. The molecule has 21 heavy (non-hydrogen) atoms. The summed E-state index contributed by atoms with van der Waals surface area (Å²) in [6.45, 7) is 5.71. The number of piperazine rings is 1. The van der Waals surface area contributed by atoms with Crippen molar-refractivity contribution in [2.45, 2.75) is 25.4 Å². The molecular weight excluding hydrogens is 282 g/mol. The Balaban J connectivity index is 1.55. The molecule has 1 unspecified atom stereocenters. The number of pyridine rings is 1. The van der Waals surface area contributed by atoms with Gasteiger partial charge in [0, 0.05) is 43.2 Å². The van der Waals surface area contributed by atoms with Crippen molar-refractivity contribution >= 4 is 22.5 Å². The Labute approximate surface area is 130 Å². The number of benzene rings is 1. The van der Waals surface area contributed by atoms with E-state index in [0.29, 0.717) is 5.15 Å². The van der Waals surface area contributed by atoms with Crippen LogP contribution in [0, 0.1) is 0 Å². The minimum absolute atomic E-state index is 0.655. The second-order valence-electron chi connectivity index (χ2n) is 6.20. The first kappa shape index (κ1) is 13.5. The van der Waals surface area contributed by atoms with Gasteiger partial charge in [0.1, 0.15) is 5.15 Å². The number of hydrogen-bond acceptors (Lipinski definition) is 3. The fourth-order valence-electron chi connectivity index (χ4n) is 3.69. The predicted molar refractivity (Wildman–Crippen MR) is 86.6 cm³/mol. The maximum absolute atomic E-state index is 6.39. The van der Waals surface area contributed by atoms with E-state index in [1.165, 1.54) is 37.9 Å². The third kappa shape index (κ3) is 2.66. The highest BCUT2D eigenvalue weighted by Crippen LogP contribution is 2.25. The van der Waals surface area contributed by atoms with Crippen LogP contribution in [0.1, 0.15) is 18.4 Å². The predicted octanol–water partition coefficient (Wildman–Crippen LogP) is 3.17. The molecule has 0 bridgehead atoms. The van der Waals surface area contributed by atoms with Gasteiger partial charge in [0.15, 0.2) is 0 Å². The first-order valence-electron chi connectivity index (χ1n) is 7.80. The van der Waals surface area contributed by atoms with Gasteiger partial charge in [-0.25, -0.2) is 4.98 Å². The molecule has 1 aromatic heterocycles. The maximum Gasteiger partial charge on any atom is 0.134 e. The Kier molecular flexibility index (Phi) is 3.57. The Morgan fingerprint density at radius 2 is 2.10 bits per heavy atom. The third-order valence-electron chi connectivity index (χ3n) is 4.82. The molecule has 2 aliphatic rings. The lowest BCUT2D eigenvalue weighted by Crippen LogP contribution is -2.49. The first-order chi connectivity index (χ1) is 10.3. The first-order valence-corrected chi connectivity index (χ1v) is 8.18. The smallest absolute Gasteiger partial charge is 0.134 e. The summed E-state index contributed by atoms with van der Waals surface area (Å²) >= 11 is 6.39. The summed E-state index contributed by atoms with van der Waals surface area (Å²) in [6.07, 6.45) is 2.71. The summed E-state index contributed by atoms with van der Waals surface area (Å²) in [5, 5.41) is 1.83. The molecule has 1 aromatic carbocycles. The lowest BCUT2D eigenvalue weighted by molar-refractivity contribution is 0.0993. The Hall–Kier alpha value is -1.16. The summed E-state index contributed by atoms with van der Waals surface area (Å²) in [5.74, 6) is 0. The second kappa shape index (κ2) is 5.56. The number of hydrogen-bond donors (Lipinski definition) is 0. The van der Waals surface area contributed by atoms with Gasteiger partial charge in [0.2, 0.25) is 0 Å². The highest BCUT2D eigenvalue weighted by molar-refractivity contribution is 6.30. The monoisotopic (exact) mass is 301 g/mol. The van der Waals surface area contributed by atoms with Crippen molar-refractivity contribution < 1.29 is 0 Å². The molecule has 0 N–H and O–H groups in total. The van der Waals surface area contributed by atoms with Crippen molar-refractivity contribution in [3.63, 3.8) is 0 Å². The molecule has 4 rings (SSSR count). The molecule has 0 spiro atoms. The molecule has 0 aliphatic carbocycles. The summed E-state index contributed by atoms with van der Waals surface area (Å²) in [5.41, 5.74) is 2.13. The van der Waals surface area contributed by atoms with E-state index >= 15 is 0 Å². The number of halogens is 1. The van der Waals surface area contributed by atoms with E-state index in [0.717, 1.165) is 30.2 Å². The molecule has 2 aliphatic heterocycles. The molecule has 0 saturated carbocycles. The molecule has 2 fully saturated rings. The Morgan fingerprint density at radius 1 is 1.19 bits per heavy atom. The van der Waals surface area contributed by atoms with E-state index in [-0.39, 0.29) is 0 Å². The lowest BCUT2D eigenvalue weighted by atomic mass is 10.1. The van der Waals surface area contributed by atoms with E-state index < -0.39 is 0 Å². The largest absolute Gasteiger partial charge is 0.298 e. The molecule has 3 heterocycles. The average molecular weight is 302 g/mol. The SMILES string of the molecule is Clc1nc2ccccc2cc1CN1CCN2CCCC2C1. The van der Waals surface area contributed by atoms with Crippen LogP contribution in [0.5, 0.6) is 0 Å². The van der Waals surface area contributed by atoms with Crippen LogP contribution in [0.4, 0.5) is 0 Å². The van der Waals surface area contributed by atoms with Crippen molar-refractivity contribution in [3.8, 4) is 0 Å². The number of para-hydroxylation sites is 1. The van der Waals surface area contributed by atoms with E-state index in [2.05, 4.69) is 33.0 Å². The number of aromatic nitrogens is 1. The zero-order valence-electron chi connectivity index (χ0n) is 12.1. The highest BCUT2D eigenvalue weighted by atomic mass is 35.5. The second-order valence-corrected chi connectivity index (χ2v) is 6.56. The normalized spacial score (nSPS) is 23.6. The summed E-state index contributed by atoms with van der Waals surface area (Å²) in [6, 6.07) is 11.1. The van der Waals surface area contributed by atoms with Gasteiger partial charge >= 0.3 is 0 Å². The molecule has 1 atom stereocenters. The van der Waals surface area contributed by atoms with Crippen molar-refractivity contribution in [2.24, 2.45) is 0 Å². The lowest BCUT2D eigenvalue weighted by Gasteiger charge is -2.37. The third-order valence-corrected chi connectivity index (χ3v) is 5.14. The maximum atomic E-state index is 6.39.